The molecule has 0 bridgehead atoms. The van der Waals surface area contributed by atoms with Gasteiger partial charge in [0.15, 0.2) is 0 Å². The minimum absolute atomic E-state index is 0.0388. The Kier molecular flexibility index (Phi) is 3.87. The fourth-order valence-electron chi connectivity index (χ4n) is 3.38. The Morgan fingerprint density at radius 3 is 2.85 bits per heavy atom. The molecule has 0 aromatic carbocycles. The highest BCUT2D eigenvalue weighted by Crippen LogP contribution is 2.28. The summed E-state index contributed by atoms with van der Waals surface area (Å²) in [6.45, 7) is 3.87. The van der Waals surface area contributed by atoms with E-state index in [1.807, 2.05) is 4.90 Å². The first kappa shape index (κ1) is 13.4. The minimum Gasteiger partial charge on any atom is -0.338 e. The summed E-state index contributed by atoms with van der Waals surface area (Å²) >= 11 is 0. The van der Waals surface area contributed by atoms with Crippen molar-refractivity contribution in [2.75, 3.05) is 26.2 Å². The van der Waals surface area contributed by atoms with E-state index in [2.05, 4.69) is 10.3 Å². The quantitative estimate of drug-likeness (QED) is 0.840. The summed E-state index contributed by atoms with van der Waals surface area (Å²) in [5, 5.41) is 3.41. The van der Waals surface area contributed by atoms with Gasteiger partial charge in [0.25, 0.3) is 5.91 Å². The number of aromatic nitrogens is 1. The molecular formula is C15H21N3O2. The van der Waals surface area contributed by atoms with Crippen molar-refractivity contribution in [1.82, 2.24) is 15.2 Å². The zero-order chi connectivity index (χ0) is 13.9. The Hall–Kier alpha value is -1.62. The lowest BCUT2D eigenvalue weighted by Crippen LogP contribution is -2.42. The number of nitrogens with zero attached hydrogens (tertiary/aromatic N) is 1. The van der Waals surface area contributed by atoms with Crippen molar-refractivity contribution in [3.63, 3.8) is 0 Å². The number of carbonyl (C=O) groups is 1. The predicted molar refractivity (Wildman–Crippen MR) is 76.7 cm³/mol. The Balaban J connectivity index is 1.68. The van der Waals surface area contributed by atoms with E-state index in [1.54, 1.807) is 6.07 Å². The summed E-state index contributed by atoms with van der Waals surface area (Å²) in [7, 11) is 0. The molecule has 2 unspecified atom stereocenters. The second-order valence-corrected chi connectivity index (χ2v) is 5.85. The predicted octanol–water partition coefficient (Wildman–Crippen LogP) is 0.837. The van der Waals surface area contributed by atoms with Crippen LogP contribution < -0.4 is 10.9 Å². The first-order valence-corrected chi connectivity index (χ1v) is 7.43. The zero-order valence-electron chi connectivity index (χ0n) is 11.6. The van der Waals surface area contributed by atoms with Crippen molar-refractivity contribution < 1.29 is 4.79 Å². The lowest BCUT2D eigenvalue weighted by Gasteiger charge is -2.35. The Morgan fingerprint density at radius 1 is 1.25 bits per heavy atom. The van der Waals surface area contributed by atoms with Gasteiger partial charge in [0.05, 0.1) is 5.56 Å². The fraction of sp³-hybridized carbons (Fsp3) is 0.600. The van der Waals surface area contributed by atoms with E-state index in [0.29, 0.717) is 17.4 Å². The number of carbonyl (C=O) groups excluding carboxylic acids is 1. The van der Waals surface area contributed by atoms with Gasteiger partial charge in [-0.1, -0.05) is 0 Å². The molecule has 3 heterocycles. The Labute approximate surface area is 118 Å². The number of amides is 1. The van der Waals surface area contributed by atoms with Crippen molar-refractivity contribution in [3.8, 4) is 0 Å². The maximum absolute atomic E-state index is 12.5. The van der Waals surface area contributed by atoms with Gasteiger partial charge >= 0.3 is 0 Å². The monoisotopic (exact) mass is 275 g/mol. The summed E-state index contributed by atoms with van der Waals surface area (Å²) < 4.78 is 0. The van der Waals surface area contributed by atoms with Gasteiger partial charge < -0.3 is 15.2 Å². The summed E-state index contributed by atoms with van der Waals surface area (Å²) in [6.07, 6.45) is 5.05. The minimum atomic E-state index is -0.171. The van der Waals surface area contributed by atoms with Gasteiger partial charge in [0, 0.05) is 25.4 Å². The number of likely N-dealkylation sites (tertiary alicyclic amines) is 1. The smallest absolute Gasteiger partial charge is 0.255 e. The average molecular weight is 275 g/mol. The first-order chi connectivity index (χ1) is 9.74. The molecule has 0 spiro atoms. The average Bonchev–Trinajstić information content (AvgIpc) is 3.02. The van der Waals surface area contributed by atoms with Crippen LogP contribution in [0.15, 0.2) is 23.1 Å². The Bertz CT molecular complexity index is 514. The maximum Gasteiger partial charge on any atom is 0.255 e. The van der Waals surface area contributed by atoms with Crippen molar-refractivity contribution in [2.24, 2.45) is 11.8 Å². The molecule has 20 heavy (non-hydrogen) atoms. The molecule has 0 radical (unpaired) electrons. The van der Waals surface area contributed by atoms with Crippen LogP contribution in [-0.4, -0.2) is 42.0 Å². The van der Waals surface area contributed by atoms with Crippen molar-refractivity contribution in [2.45, 2.75) is 19.3 Å². The molecule has 2 aliphatic heterocycles. The van der Waals surface area contributed by atoms with Crippen molar-refractivity contribution in [3.05, 3.63) is 34.2 Å². The van der Waals surface area contributed by atoms with Crippen LogP contribution in [-0.2, 0) is 0 Å². The molecule has 5 nitrogen and oxygen atoms in total. The molecule has 5 heteroatoms. The van der Waals surface area contributed by atoms with Crippen LogP contribution in [0.25, 0.3) is 0 Å². The van der Waals surface area contributed by atoms with E-state index in [4.69, 9.17) is 0 Å². The molecule has 1 aromatic heterocycles. The zero-order valence-corrected chi connectivity index (χ0v) is 11.6. The van der Waals surface area contributed by atoms with Crippen LogP contribution in [0.1, 0.15) is 29.6 Å². The first-order valence-electron chi connectivity index (χ1n) is 7.43. The number of nitrogens with one attached hydrogen (secondary N) is 2. The van der Waals surface area contributed by atoms with Gasteiger partial charge in [-0.05, 0) is 50.3 Å². The highest BCUT2D eigenvalue weighted by atomic mass is 16.2. The summed E-state index contributed by atoms with van der Waals surface area (Å²) in [5.74, 6) is 1.36. The Morgan fingerprint density at radius 2 is 2.15 bits per heavy atom. The highest BCUT2D eigenvalue weighted by Gasteiger charge is 2.31. The third kappa shape index (κ3) is 2.77. The molecule has 2 fully saturated rings. The number of aromatic amines is 1. The lowest BCUT2D eigenvalue weighted by atomic mass is 9.85. The van der Waals surface area contributed by atoms with Crippen LogP contribution in [0.5, 0.6) is 0 Å². The van der Waals surface area contributed by atoms with Gasteiger partial charge in [-0.15, -0.1) is 0 Å². The van der Waals surface area contributed by atoms with E-state index in [1.165, 1.54) is 25.1 Å². The van der Waals surface area contributed by atoms with E-state index in [9.17, 15) is 9.59 Å². The second kappa shape index (κ2) is 5.79. The summed E-state index contributed by atoms with van der Waals surface area (Å²) in [6, 6.07) is 3.03. The number of pyridine rings is 1. The highest BCUT2D eigenvalue weighted by molar-refractivity contribution is 5.93. The number of hydrogen-bond acceptors (Lipinski definition) is 3. The van der Waals surface area contributed by atoms with Crippen LogP contribution in [0.3, 0.4) is 0 Å². The molecule has 108 valence electrons. The van der Waals surface area contributed by atoms with Crippen molar-refractivity contribution >= 4 is 5.91 Å². The van der Waals surface area contributed by atoms with Gasteiger partial charge in [0.2, 0.25) is 5.56 Å². The molecule has 2 saturated heterocycles. The molecule has 1 amide bonds. The van der Waals surface area contributed by atoms with Gasteiger partial charge in [-0.25, -0.2) is 0 Å². The van der Waals surface area contributed by atoms with Gasteiger partial charge in [0.1, 0.15) is 0 Å². The topological polar surface area (TPSA) is 65.2 Å². The molecule has 2 N–H and O–H groups in total. The fourth-order valence-corrected chi connectivity index (χ4v) is 3.38. The standard InChI is InChI=1S/C15H21N3O2/c19-14-4-3-12(9-17-14)15(20)18-7-1-2-13(10-18)11-5-6-16-8-11/h3-4,9,11,13,16H,1-2,5-8,10H2,(H,17,19). The van der Waals surface area contributed by atoms with Crippen LogP contribution in [0, 0.1) is 11.8 Å². The molecule has 2 aliphatic rings. The second-order valence-electron chi connectivity index (χ2n) is 5.85. The lowest BCUT2D eigenvalue weighted by molar-refractivity contribution is 0.0634. The van der Waals surface area contributed by atoms with E-state index >= 15 is 0 Å². The molecule has 3 rings (SSSR count). The van der Waals surface area contributed by atoms with Gasteiger partial charge in [-0.3, -0.25) is 9.59 Å². The molecular weight excluding hydrogens is 254 g/mol. The number of hydrogen-bond donors (Lipinski definition) is 2. The van der Waals surface area contributed by atoms with E-state index in [-0.39, 0.29) is 11.5 Å². The normalized spacial score (nSPS) is 26.7. The van der Waals surface area contributed by atoms with Crippen LogP contribution in [0.2, 0.25) is 0 Å². The molecule has 0 saturated carbocycles. The SMILES string of the molecule is O=C(c1ccc(=O)[nH]c1)N1CCCC(C2CCNC2)C1. The largest absolute Gasteiger partial charge is 0.338 e. The number of piperidine rings is 1. The molecule has 2 atom stereocenters. The van der Waals surface area contributed by atoms with E-state index < -0.39 is 0 Å². The maximum atomic E-state index is 12.5. The summed E-state index contributed by atoms with van der Waals surface area (Å²) in [4.78, 5) is 28.0. The summed E-state index contributed by atoms with van der Waals surface area (Å²) in [5.41, 5.74) is 0.407. The van der Waals surface area contributed by atoms with E-state index in [0.717, 1.165) is 32.6 Å². The van der Waals surface area contributed by atoms with Gasteiger partial charge in [-0.2, -0.15) is 0 Å². The number of H-pyrrole nitrogens is 1. The van der Waals surface area contributed by atoms with Crippen LogP contribution >= 0.6 is 0 Å². The third-order valence-electron chi connectivity index (χ3n) is 4.54. The third-order valence-corrected chi connectivity index (χ3v) is 4.54. The number of rotatable bonds is 2. The molecule has 0 aliphatic carbocycles. The van der Waals surface area contributed by atoms with Crippen molar-refractivity contribution in [1.29, 1.82) is 0 Å². The molecule has 1 aromatic rings. The van der Waals surface area contributed by atoms with Crippen LogP contribution in [0.4, 0.5) is 0 Å².